The van der Waals surface area contributed by atoms with Crippen LogP contribution in [0.3, 0.4) is 0 Å². The van der Waals surface area contributed by atoms with Gasteiger partial charge in [0, 0.05) is 29.2 Å². The number of ether oxygens (including phenoxy) is 2. The molecule has 5 atom stereocenters. The summed E-state index contributed by atoms with van der Waals surface area (Å²) in [6.45, 7) is 1.30. The Labute approximate surface area is 345 Å². The van der Waals surface area contributed by atoms with Gasteiger partial charge in [-0.2, -0.15) is 0 Å². The molecule has 4 amide bonds. The fourth-order valence-corrected chi connectivity index (χ4v) is 9.71. The van der Waals surface area contributed by atoms with Crippen molar-refractivity contribution in [3.05, 3.63) is 71.0 Å². The molecule has 2 aliphatic heterocycles. The second-order valence-electron chi connectivity index (χ2n) is 15.9. The molecule has 4 aromatic rings. The van der Waals surface area contributed by atoms with Crippen LogP contribution in [-0.2, 0) is 24.4 Å². The normalized spacial score (nSPS) is 26.2. The smallest absolute Gasteiger partial charge is 0.472 e. The Kier molecular flexibility index (Phi) is 10.7. The third-order valence-electron chi connectivity index (χ3n) is 11.6. The highest BCUT2D eigenvalue weighted by atomic mass is 32.2. The molecule has 4 heterocycles. The van der Waals surface area contributed by atoms with Crippen molar-refractivity contribution in [1.82, 2.24) is 30.2 Å². The van der Waals surface area contributed by atoms with Crippen molar-refractivity contribution in [2.24, 2.45) is 5.92 Å². The van der Waals surface area contributed by atoms with E-state index >= 15 is 0 Å². The van der Waals surface area contributed by atoms with E-state index in [0.717, 1.165) is 29.5 Å². The molecule has 60 heavy (non-hydrogen) atoms. The quantitative estimate of drug-likeness (QED) is 0.117. The third kappa shape index (κ3) is 8.35. The van der Waals surface area contributed by atoms with Crippen LogP contribution in [0.25, 0.3) is 21.7 Å². The SMILES string of the molecule is CC1(S(=O)(=O)NC(=O)[C@@]23C[C@H]2/C=C\CCCCC[C@H](NC(=O)c2cncs2)C(=O)N2C[C@H](Oc4nc5cc(OC(F)(F)F)ccc5c5cc(F)ccc45)C[C@H]2C(=O)N3)CC1. The monoisotopic (exact) mass is 872 g/mol. The van der Waals surface area contributed by atoms with Gasteiger partial charge in [-0.25, -0.2) is 17.8 Å². The Hall–Kier alpha value is -5.37. The summed E-state index contributed by atoms with van der Waals surface area (Å²) in [5, 5.41) is 6.45. The number of hydrogen-bond acceptors (Lipinski definition) is 11. The molecular formula is C40H40F4N6O8S2. The Morgan fingerprint density at radius 2 is 1.83 bits per heavy atom. The average Bonchev–Trinajstić information content (AvgIpc) is 3.93. The molecule has 0 radical (unpaired) electrons. The zero-order chi connectivity index (χ0) is 42.6. The topological polar surface area (TPSA) is 186 Å². The lowest BCUT2D eigenvalue weighted by Crippen LogP contribution is -2.58. The molecule has 8 rings (SSSR count). The van der Waals surface area contributed by atoms with Gasteiger partial charge in [-0.1, -0.05) is 25.0 Å². The molecule has 20 heteroatoms. The first-order chi connectivity index (χ1) is 28.4. The van der Waals surface area contributed by atoms with E-state index in [1.54, 1.807) is 6.08 Å². The molecular weight excluding hydrogens is 833 g/mol. The predicted molar refractivity (Wildman–Crippen MR) is 210 cm³/mol. The highest BCUT2D eigenvalue weighted by molar-refractivity contribution is 7.91. The highest BCUT2D eigenvalue weighted by Crippen LogP contribution is 2.48. The van der Waals surface area contributed by atoms with Crippen molar-refractivity contribution in [2.45, 2.75) is 99.5 Å². The number of pyridine rings is 1. The lowest BCUT2D eigenvalue weighted by atomic mass is 10.0. The van der Waals surface area contributed by atoms with E-state index in [2.05, 4.69) is 30.1 Å². The standard InChI is InChI=1S/C40H40F4N6O8S2/c1-38(13-14-38)60(55,56)49-37(54)39-18-22(39)7-5-3-2-4-6-8-29(46-34(52)32-19-45-21-59-32)36(53)50-20-25(17-31(50)33(51)48-39)57-35-27-11-9-23(41)15-28(27)26-12-10-24(16-30(26)47-35)58-40(42,43)44/h5,7,9-12,15-16,19,21-22,25,29,31H,2-4,6,8,13-14,17-18,20H2,1H3,(H,46,52)(H,48,51)(H,49,54)/b7-5-/t22-,25-,29+,31+,39-/m1/s1. The number of carbonyl (C=O) groups is 4. The highest BCUT2D eigenvalue weighted by Gasteiger charge is 2.63. The van der Waals surface area contributed by atoms with Crippen molar-refractivity contribution in [1.29, 1.82) is 0 Å². The number of nitrogens with zero attached hydrogens (tertiary/aromatic N) is 3. The van der Waals surface area contributed by atoms with Gasteiger partial charge in [-0.15, -0.1) is 24.5 Å². The zero-order valence-electron chi connectivity index (χ0n) is 32.1. The van der Waals surface area contributed by atoms with Crippen LogP contribution in [0.2, 0.25) is 0 Å². The second kappa shape index (κ2) is 15.6. The van der Waals surface area contributed by atoms with E-state index in [1.165, 1.54) is 41.7 Å². The number of allylic oxidation sites excluding steroid dienone is 1. The number of hydrogen-bond donors (Lipinski definition) is 3. The van der Waals surface area contributed by atoms with Crippen molar-refractivity contribution >= 4 is 66.7 Å². The summed E-state index contributed by atoms with van der Waals surface area (Å²) in [5.41, 5.74) is -0.191. The maximum Gasteiger partial charge on any atom is 0.573 e. The van der Waals surface area contributed by atoms with Gasteiger partial charge in [0.2, 0.25) is 27.7 Å². The molecule has 1 saturated heterocycles. The molecule has 318 valence electrons. The number of thiazole rings is 1. The molecule has 14 nitrogen and oxygen atoms in total. The van der Waals surface area contributed by atoms with E-state index in [9.17, 15) is 45.2 Å². The van der Waals surface area contributed by atoms with Gasteiger partial charge in [0.1, 0.15) is 40.2 Å². The molecule has 0 unspecified atom stereocenters. The van der Waals surface area contributed by atoms with Crippen LogP contribution in [0.15, 0.2) is 60.3 Å². The number of carbonyl (C=O) groups excluding carboxylic acids is 4. The minimum absolute atomic E-state index is 0.0202. The molecule has 2 aromatic heterocycles. The zero-order valence-corrected chi connectivity index (χ0v) is 33.7. The van der Waals surface area contributed by atoms with Gasteiger partial charge in [0.25, 0.3) is 11.8 Å². The second-order valence-corrected chi connectivity index (χ2v) is 19.0. The molecule has 0 bridgehead atoms. The minimum Gasteiger partial charge on any atom is -0.472 e. The van der Waals surface area contributed by atoms with Gasteiger partial charge in [0.05, 0.1) is 28.5 Å². The predicted octanol–water partition coefficient (Wildman–Crippen LogP) is 5.42. The van der Waals surface area contributed by atoms with Crippen LogP contribution in [0.4, 0.5) is 17.6 Å². The maximum absolute atomic E-state index is 14.6. The van der Waals surface area contributed by atoms with Crippen LogP contribution >= 0.6 is 11.3 Å². The van der Waals surface area contributed by atoms with Gasteiger partial charge in [-0.05, 0) is 81.2 Å². The van der Waals surface area contributed by atoms with Gasteiger partial charge in [0.15, 0.2) is 0 Å². The Balaban J connectivity index is 1.14. The number of fused-ring (bicyclic) bond motifs is 5. The fraction of sp³-hybridized carbons (Fsp3) is 0.450. The van der Waals surface area contributed by atoms with Gasteiger partial charge < -0.3 is 25.0 Å². The van der Waals surface area contributed by atoms with E-state index in [1.807, 2.05) is 6.08 Å². The number of benzene rings is 2. The van der Waals surface area contributed by atoms with Gasteiger partial charge in [-0.3, -0.25) is 28.9 Å². The van der Waals surface area contributed by atoms with Crippen molar-refractivity contribution in [3.8, 4) is 11.6 Å². The summed E-state index contributed by atoms with van der Waals surface area (Å²) in [6, 6.07) is 4.74. The van der Waals surface area contributed by atoms with Crippen LogP contribution in [0.5, 0.6) is 11.6 Å². The average molecular weight is 873 g/mol. The first-order valence-electron chi connectivity index (χ1n) is 19.5. The third-order valence-corrected chi connectivity index (χ3v) is 14.6. The van der Waals surface area contributed by atoms with Crippen molar-refractivity contribution in [2.75, 3.05) is 6.54 Å². The Bertz CT molecular complexity index is 2520. The van der Waals surface area contributed by atoms with Crippen LogP contribution in [0.1, 0.15) is 74.4 Å². The largest absolute Gasteiger partial charge is 0.573 e. The lowest BCUT2D eigenvalue weighted by Gasteiger charge is -2.30. The molecule has 4 aliphatic rings. The first kappa shape index (κ1) is 41.4. The van der Waals surface area contributed by atoms with Crippen molar-refractivity contribution < 1.29 is 54.6 Å². The number of alkyl halides is 3. The molecule has 2 aromatic carbocycles. The Morgan fingerprint density at radius 1 is 1.05 bits per heavy atom. The van der Waals surface area contributed by atoms with Crippen molar-refractivity contribution in [3.63, 3.8) is 0 Å². The molecule has 0 spiro atoms. The Morgan fingerprint density at radius 3 is 2.57 bits per heavy atom. The first-order valence-corrected chi connectivity index (χ1v) is 21.8. The number of aromatic nitrogens is 2. The van der Waals surface area contributed by atoms with E-state index < -0.39 is 86.0 Å². The number of rotatable bonds is 8. The molecule has 2 saturated carbocycles. The number of halogens is 4. The number of nitrogens with one attached hydrogen (secondary N) is 3. The van der Waals surface area contributed by atoms with Crippen LogP contribution in [-0.4, -0.2) is 88.3 Å². The summed E-state index contributed by atoms with van der Waals surface area (Å²) in [5.74, 6) is -4.71. The summed E-state index contributed by atoms with van der Waals surface area (Å²) in [4.78, 5) is 66.3. The number of amides is 4. The lowest BCUT2D eigenvalue weighted by molar-refractivity contribution is -0.274. The summed E-state index contributed by atoms with van der Waals surface area (Å²) in [7, 11) is -4.08. The van der Waals surface area contributed by atoms with E-state index in [-0.39, 0.29) is 52.9 Å². The summed E-state index contributed by atoms with van der Waals surface area (Å²) >= 11 is 1.08. The minimum atomic E-state index is -5.00. The summed E-state index contributed by atoms with van der Waals surface area (Å²) < 4.78 is 92.0. The molecule has 3 fully saturated rings. The molecule has 3 N–H and O–H groups in total. The number of sulfonamides is 1. The van der Waals surface area contributed by atoms with Crippen LogP contribution < -0.4 is 24.8 Å². The van der Waals surface area contributed by atoms with E-state index in [4.69, 9.17) is 4.74 Å². The maximum atomic E-state index is 14.6. The fourth-order valence-electron chi connectivity index (χ4n) is 7.88. The molecule has 2 aliphatic carbocycles. The van der Waals surface area contributed by atoms with Gasteiger partial charge >= 0.3 is 6.36 Å². The van der Waals surface area contributed by atoms with E-state index in [0.29, 0.717) is 43.9 Å². The van der Waals surface area contributed by atoms with Crippen LogP contribution in [0, 0.1) is 11.7 Å². The summed E-state index contributed by atoms with van der Waals surface area (Å²) in [6.07, 6.45) is 2.49.